The summed E-state index contributed by atoms with van der Waals surface area (Å²) >= 11 is 0. The Balaban J connectivity index is 4.27. The first-order valence-corrected chi connectivity index (χ1v) is 4.11. The molecule has 0 radical (unpaired) electrons. The van der Waals surface area contributed by atoms with Crippen LogP contribution in [0.1, 0.15) is 13.3 Å². The van der Waals surface area contributed by atoms with E-state index in [4.69, 9.17) is 9.84 Å². The summed E-state index contributed by atoms with van der Waals surface area (Å²) in [6.45, 7) is 1.68. The lowest BCUT2D eigenvalue weighted by molar-refractivity contribution is -0.131. The van der Waals surface area contributed by atoms with Crippen LogP contribution in [-0.2, 0) is 9.53 Å². The summed E-state index contributed by atoms with van der Waals surface area (Å²) in [5.41, 5.74) is 0. The number of aliphatic carboxylic acids is 1. The minimum absolute atomic E-state index is 0.0382. The highest BCUT2D eigenvalue weighted by molar-refractivity contribution is 5.79. The number of rotatable bonds is 5. The van der Waals surface area contributed by atoms with Gasteiger partial charge in [0.25, 0.3) is 0 Å². The van der Waals surface area contributed by atoms with Gasteiger partial charge in [-0.1, -0.05) is 6.08 Å². The van der Waals surface area contributed by atoms with Gasteiger partial charge in [0.15, 0.2) is 11.5 Å². The normalized spacial score (nSPS) is 13.3. The molecule has 0 aliphatic heterocycles. The number of aliphatic hydroxyl groups is 1. The highest BCUT2D eigenvalue weighted by Gasteiger charge is 1.98. The van der Waals surface area contributed by atoms with Gasteiger partial charge >= 0.3 is 5.97 Å². The average Bonchev–Trinajstić information content (AvgIpc) is 2.16. The van der Waals surface area contributed by atoms with Gasteiger partial charge in [-0.3, -0.25) is 0 Å². The van der Waals surface area contributed by atoms with Gasteiger partial charge in [-0.2, -0.15) is 0 Å². The molecule has 0 aliphatic rings. The summed E-state index contributed by atoms with van der Waals surface area (Å²) in [7, 11) is 1.44. The number of ether oxygens (including phenoxy) is 1. The van der Waals surface area contributed by atoms with Crippen molar-refractivity contribution >= 4 is 5.97 Å². The standard InChI is InChI=1S/C10H14O4/c1-3-8(11)9(14-2)6-4-5-7-10(12)13/h3,5-7,11H,4H2,1-2H3,(H,12,13)/b7-5+,8-3+,9-6+. The second-order valence-corrected chi connectivity index (χ2v) is 2.42. The summed E-state index contributed by atoms with van der Waals surface area (Å²) in [6.07, 6.45) is 5.99. The number of carboxylic acid groups (broad SMARTS) is 1. The Morgan fingerprint density at radius 2 is 2.07 bits per heavy atom. The fourth-order valence-corrected chi connectivity index (χ4v) is 0.779. The van der Waals surface area contributed by atoms with Gasteiger partial charge in [0.1, 0.15) is 0 Å². The summed E-state index contributed by atoms with van der Waals surface area (Å²) in [4.78, 5) is 10.1. The third-order valence-electron chi connectivity index (χ3n) is 1.45. The van der Waals surface area contributed by atoms with Crippen LogP contribution in [0.15, 0.2) is 35.8 Å². The molecular formula is C10H14O4. The first-order valence-electron chi connectivity index (χ1n) is 4.11. The van der Waals surface area contributed by atoms with Crippen LogP contribution in [0, 0.1) is 0 Å². The van der Waals surface area contributed by atoms with Crippen molar-refractivity contribution < 1.29 is 19.7 Å². The van der Waals surface area contributed by atoms with Crippen LogP contribution < -0.4 is 0 Å². The van der Waals surface area contributed by atoms with Crippen molar-refractivity contribution in [2.24, 2.45) is 0 Å². The molecule has 0 saturated heterocycles. The molecule has 0 rings (SSSR count). The average molecular weight is 198 g/mol. The molecule has 0 bridgehead atoms. The Bertz CT molecular complexity index is 274. The lowest BCUT2D eigenvalue weighted by Gasteiger charge is -2.03. The maximum absolute atomic E-state index is 10.1. The van der Waals surface area contributed by atoms with Gasteiger partial charge < -0.3 is 14.9 Å². The number of methoxy groups -OCH3 is 1. The smallest absolute Gasteiger partial charge is 0.327 e. The monoisotopic (exact) mass is 198 g/mol. The van der Waals surface area contributed by atoms with E-state index >= 15 is 0 Å². The van der Waals surface area contributed by atoms with Crippen molar-refractivity contribution in [2.75, 3.05) is 7.11 Å². The van der Waals surface area contributed by atoms with Gasteiger partial charge in [-0.05, 0) is 25.5 Å². The lowest BCUT2D eigenvalue weighted by atomic mass is 10.3. The van der Waals surface area contributed by atoms with Crippen molar-refractivity contribution in [1.29, 1.82) is 0 Å². The van der Waals surface area contributed by atoms with E-state index < -0.39 is 5.97 Å². The van der Waals surface area contributed by atoms with Gasteiger partial charge in [0.05, 0.1) is 7.11 Å². The fourth-order valence-electron chi connectivity index (χ4n) is 0.779. The van der Waals surface area contributed by atoms with E-state index in [1.165, 1.54) is 19.3 Å². The number of carbonyl (C=O) groups is 1. The second kappa shape index (κ2) is 6.77. The van der Waals surface area contributed by atoms with E-state index in [2.05, 4.69) is 0 Å². The molecule has 0 saturated carbocycles. The molecule has 0 unspecified atom stereocenters. The minimum Gasteiger partial charge on any atom is -0.504 e. The molecule has 0 fully saturated rings. The first kappa shape index (κ1) is 12.3. The van der Waals surface area contributed by atoms with E-state index in [0.29, 0.717) is 12.2 Å². The third kappa shape index (κ3) is 5.03. The predicted molar refractivity (Wildman–Crippen MR) is 52.9 cm³/mol. The molecule has 0 aromatic carbocycles. The fraction of sp³-hybridized carbons (Fsp3) is 0.300. The second-order valence-electron chi connectivity index (χ2n) is 2.42. The number of allylic oxidation sites excluding steroid dienone is 3. The Morgan fingerprint density at radius 3 is 2.50 bits per heavy atom. The van der Waals surface area contributed by atoms with Crippen molar-refractivity contribution in [3.05, 3.63) is 35.8 Å². The SMILES string of the molecule is C/C=C(O)\C(=C/C/C=C/C(=O)O)OC. The third-order valence-corrected chi connectivity index (χ3v) is 1.45. The van der Waals surface area contributed by atoms with Crippen LogP contribution in [-0.4, -0.2) is 23.3 Å². The summed E-state index contributed by atoms with van der Waals surface area (Å²) in [5.74, 6) is -0.619. The molecule has 0 amide bonds. The molecule has 14 heavy (non-hydrogen) atoms. The highest BCUT2D eigenvalue weighted by atomic mass is 16.5. The molecule has 78 valence electrons. The molecule has 0 aromatic rings. The van der Waals surface area contributed by atoms with Crippen LogP contribution in [0.3, 0.4) is 0 Å². The zero-order chi connectivity index (χ0) is 11.0. The van der Waals surface area contributed by atoms with Gasteiger partial charge in [-0.25, -0.2) is 4.79 Å². The van der Waals surface area contributed by atoms with E-state index in [1.54, 1.807) is 13.0 Å². The van der Waals surface area contributed by atoms with Crippen molar-refractivity contribution in [3.63, 3.8) is 0 Å². The summed E-state index contributed by atoms with van der Waals surface area (Å²) in [6, 6.07) is 0. The van der Waals surface area contributed by atoms with Crippen LogP contribution in [0.2, 0.25) is 0 Å². The van der Waals surface area contributed by atoms with Crippen molar-refractivity contribution in [2.45, 2.75) is 13.3 Å². The van der Waals surface area contributed by atoms with Crippen LogP contribution >= 0.6 is 0 Å². The maximum atomic E-state index is 10.1. The summed E-state index contributed by atoms with van der Waals surface area (Å²) in [5, 5.41) is 17.5. The van der Waals surface area contributed by atoms with E-state index in [1.807, 2.05) is 0 Å². The number of hydrogen-bond acceptors (Lipinski definition) is 3. The van der Waals surface area contributed by atoms with Crippen molar-refractivity contribution in [1.82, 2.24) is 0 Å². The Morgan fingerprint density at radius 1 is 1.43 bits per heavy atom. The molecule has 2 N–H and O–H groups in total. The Labute approximate surface area is 82.8 Å². The van der Waals surface area contributed by atoms with Crippen LogP contribution in [0.5, 0.6) is 0 Å². The molecule has 0 heterocycles. The molecule has 0 spiro atoms. The number of carboxylic acids is 1. The van der Waals surface area contributed by atoms with Gasteiger partial charge in [0.2, 0.25) is 0 Å². The maximum Gasteiger partial charge on any atom is 0.327 e. The highest BCUT2D eigenvalue weighted by Crippen LogP contribution is 2.08. The molecule has 4 heteroatoms. The number of hydrogen-bond donors (Lipinski definition) is 2. The molecule has 0 aromatic heterocycles. The number of aliphatic hydroxyl groups excluding tert-OH is 1. The van der Waals surface area contributed by atoms with Gasteiger partial charge in [0, 0.05) is 6.08 Å². The molecular weight excluding hydrogens is 184 g/mol. The van der Waals surface area contributed by atoms with E-state index in [9.17, 15) is 9.90 Å². The Hall–Kier alpha value is -1.71. The topological polar surface area (TPSA) is 66.8 Å². The summed E-state index contributed by atoms with van der Waals surface area (Å²) < 4.78 is 4.87. The van der Waals surface area contributed by atoms with Crippen LogP contribution in [0.4, 0.5) is 0 Å². The molecule has 0 atom stereocenters. The molecule has 0 aliphatic carbocycles. The Kier molecular flexibility index (Phi) is 5.94. The largest absolute Gasteiger partial charge is 0.504 e. The first-order chi connectivity index (χ1) is 6.61. The van der Waals surface area contributed by atoms with E-state index in [0.717, 1.165) is 6.08 Å². The quantitative estimate of drug-likeness (QED) is 0.403. The van der Waals surface area contributed by atoms with E-state index in [-0.39, 0.29) is 5.76 Å². The van der Waals surface area contributed by atoms with Gasteiger partial charge in [-0.15, -0.1) is 0 Å². The zero-order valence-electron chi connectivity index (χ0n) is 8.23. The predicted octanol–water partition coefficient (Wildman–Crippen LogP) is 2.01. The minimum atomic E-state index is -0.993. The molecule has 4 nitrogen and oxygen atoms in total. The van der Waals surface area contributed by atoms with Crippen molar-refractivity contribution in [3.8, 4) is 0 Å². The van der Waals surface area contributed by atoms with Crippen LogP contribution in [0.25, 0.3) is 0 Å². The lowest BCUT2D eigenvalue weighted by Crippen LogP contribution is -1.91. The zero-order valence-corrected chi connectivity index (χ0v) is 8.23.